The summed E-state index contributed by atoms with van der Waals surface area (Å²) in [4.78, 5) is 0. The Bertz CT molecular complexity index is 550. The van der Waals surface area contributed by atoms with E-state index in [1.165, 1.54) is 0 Å². The summed E-state index contributed by atoms with van der Waals surface area (Å²) in [6.07, 6.45) is 1.63. The smallest absolute Gasteiger partial charge is 0.191 e. The highest BCUT2D eigenvalue weighted by molar-refractivity contribution is 6.74. The number of hydrogen-bond donors (Lipinski definition) is 0. The van der Waals surface area contributed by atoms with E-state index in [4.69, 9.17) is 18.6 Å². The lowest BCUT2D eigenvalue weighted by molar-refractivity contribution is -0.0897. The van der Waals surface area contributed by atoms with Crippen LogP contribution < -0.4 is 4.74 Å². The summed E-state index contributed by atoms with van der Waals surface area (Å²) in [6.45, 7) is 14.9. The Morgan fingerprint density at radius 2 is 1.84 bits per heavy atom. The Hall–Kier alpha value is -0.883. The van der Waals surface area contributed by atoms with E-state index in [1.54, 1.807) is 7.11 Å². The van der Waals surface area contributed by atoms with Crippen molar-refractivity contribution in [1.29, 1.82) is 0 Å². The van der Waals surface area contributed by atoms with Crippen molar-refractivity contribution in [2.24, 2.45) is 0 Å². The van der Waals surface area contributed by atoms with Gasteiger partial charge in [0.05, 0.1) is 19.3 Å². The van der Waals surface area contributed by atoms with Crippen molar-refractivity contribution in [1.82, 2.24) is 0 Å². The SMILES string of the molecule is COc1ccc(C2OC[C@](C)(CCCO[Si](C)(C)C(C)(C)C)O2)cc1. The van der Waals surface area contributed by atoms with Crippen LogP contribution in [-0.2, 0) is 13.9 Å². The van der Waals surface area contributed by atoms with Crippen LogP contribution in [0.15, 0.2) is 24.3 Å². The van der Waals surface area contributed by atoms with E-state index in [9.17, 15) is 0 Å². The van der Waals surface area contributed by atoms with Crippen molar-refractivity contribution >= 4 is 8.32 Å². The number of rotatable bonds is 7. The maximum Gasteiger partial charge on any atom is 0.191 e. The molecule has 1 unspecified atom stereocenters. The monoisotopic (exact) mass is 366 g/mol. The molecule has 1 aromatic carbocycles. The summed E-state index contributed by atoms with van der Waals surface area (Å²) in [7, 11) is 0.00201. The van der Waals surface area contributed by atoms with Gasteiger partial charge in [0.15, 0.2) is 14.6 Å². The van der Waals surface area contributed by atoms with E-state index in [0.29, 0.717) is 6.61 Å². The minimum Gasteiger partial charge on any atom is -0.497 e. The summed E-state index contributed by atoms with van der Waals surface area (Å²) in [5, 5.41) is 0.253. The van der Waals surface area contributed by atoms with Crippen LogP contribution in [0.5, 0.6) is 5.75 Å². The zero-order valence-corrected chi connectivity index (χ0v) is 17.8. The first kappa shape index (κ1) is 20.4. The van der Waals surface area contributed by atoms with Gasteiger partial charge in [-0.1, -0.05) is 32.9 Å². The van der Waals surface area contributed by atoms with Gasteiger partial charge >= 0.3 is 0 Å². The van der Waals surface area contributed by atoms with Crippen LogP contribution in [0.4, 0.5) is 0 Å². The molecular formula is C20H34O4Si. The molecule has 5 heteroatoms. The third-order valence-corrected chi connectivity index (χ3v) is 9.98. The Kier molecular flexibility index (Phi) is 6.36. The van der Waals surface area contributed by atoms with E-state index in [0.717, 1.165) is 30.8 Å². The molecule has 0 spiro atoms. The second-order valence-electron chi connectivity index (χ2n) is 8.70. The van der Waals surface area contributed by atoms with Gasteiger partial charge in [-0.2, -0.15) is 0 Å². The van der Waals surface area contributed by atoms with E-state index in [2.05, 4.69) is 40.8 Å². The van der Waals surface area contributed by atoms with E-state index in [-0.39, 0.29) is 16.9 Å². The van der Waals surface area contributed by atoms with Crippen LogP contribution in [0.2, 0.25) is 18.1 Å². The molecule has 1 saturated heterocycles. The highest BCUT2D eigenvalue weighted by Gasteiger charge is 2.39. The largest absolute Gasteiger partial charge is 0.497 e. The number of hydrogen-bond acceptors (Lipinski definition) is 4. The second-order valence-corrected chi connectivity index (χ2v) is 13.5. The number of benzene rings is 1. The zero-order chi connectivity index (χ0) is 18.7. The third-order valence-electron chi connectivity index (χ3n) is 5.44. The molecular weight excluding hydrogens is 332 g/mol. The first-order chi connectivity index (χ1) is 11.6. The Morgan fingerprint density at radius 3 is 2.40 bits per heavy atom. The molecule has 0 aliphatic carbocycles. The van der Waals surface area contributed by atoms with Crippen molar-refractivity contribution in [3.05, 3.63) is 29.8 Å². The lowest BCUT2D eigenvalue weighted by atomic mass is 10.0. The molecule has 1 heterocycles. The summed E-state index contributed by atoms with van der Waals surface area (Å²) >= 11 is 0. The Labute approximate surface area is 153 Å². The van der Waals surface area contributed by atoms with Gasteiger partial charge in [-0.05, 0) is 50.0 Å². The van der Waals surface area contributed by atoms with Crippen LogP contribution in [-0.4, -0.2) is 34.2 Å². The highest BCUT2D eigenvalue weighted by Crippen LogP contribution is 2.38. The first-order valence-corrected chi connectivity index (χ1v) is 12.0. The minimum atomic E-state index is -1.67. The molecule has 2 rings (SSSR count). The third kappa shape index (κ3) is 5.30. The van der Waals surface area contributed by atoms with Crippen LogP contribution in [0, 0.1) is 0 Å². The van der Waals surface area contributed by atoms with Crippen molar-refractivity contribution in [2.75, 3.05) is 20.3 Å². The van der Waals surface area contributed by atoms with Crippen molar-refractivity contribution in [3.8, 4) is 5.75 Å². The Balaban J connectivity index is 1.81. The molecule has 1 aliphatic rings. The summed E-state index contributed by atoms with van der Waals surface area (Å²) < 4.78 is 23.5. The fraction of sp³-hybridized carbons (Fsp3) is 0.700. The standard InChI is InChI=1S/C20H34O4Si/c1-19(2,3)25(6,7)23-14-8-13-20(4)15-22-18(24-20)16-9-11-17(21-5)12-10-16/h9-12,18H,8,13-15H2,1-7H3/t18?,20-/m0/s1. The van der Waals surface area contributed by atoms with Crippen LogP contribution in [0.1, 0.15) is 52.4 Å². The molecule has 142 valence electrons. The molecule has 0 N–H and O–H groups in total. The highest BCUT2D eigenvalue weighted by atomic mass is 28.4. The van der Waals surface area contributed by atoms with E-state index >= 15 is 0 Å². The van der Waals surface area contributed by atoms with Crippen LogP contribution >= 0.6 is 0 Å². The van der Waals surface area contributed by atoms with Crippen LogP contribution in [0.25, 0.3) is 0 Å². The molecule has 0 aromatic heterocycles. The predicted molar refractivity (Wildman–Crippen MR) is 104 cm³/mol. The quantitative estimate of drug-likeness (QED) is 0.484. The molecule has 0 radical (unpaired) electrons. The zero-order valence-electron chi connectivity index (χ0n) is 16.8. The Morgan fingerprint density at radius 1 is 1.20 bits per heavy atom. The fourth-order valence-electron chi connectivity index (χ4n) is 2.62. The van der Waals surface area contributed by atoms with Crippen LogP contribution in [0.3, 0.4) is 0 Å². The molecule has 4 nitrogen and oxygen atoms in total. The molecule has 0 saturated carbocycles. The topological polar surface area (TPSA) is 36.9 Å². The van der Waals surface area contributed by atoms with E-state index in [1.807, 2.05) is 24.3 Å². The summed E-state index contributed by atoms with van der Waals surface area (Å²) in [5.74, 6) is 0.840. The number of methoxy groups -OCH3 is 1. The molecule has 1 fully saturated rings. The van der Waals surface area contributed by atoms with Crippen molar-refractivity contribution in [3.63, 3.8) is 0 Å². The van der Waals surface area contributed by atoms with Gasteiger partial charge in [0.1, 0.15) is 5.75 Å². The number of ether oxygens (including phenoxy) is 3. The minimum absolute atomic E-state index is 0.249. The molecule has 0 bridgehead atoms. The van der Waals surface area contributed by atoms with Gasteiger partial charge in [0.2, 0.25) is 0 Å². The van der Waals surface area contributed by atoms with Crippen molar-refractivity contribution < 1.29 is 18.6 Å². The van der Waals surface area contributed by atoms with Gasteiger partial charge in [-0.25, -0.2) is 0 Å². The lowest BCUT2D eigenvalue weighted by Gasteiger charge is -2.36. The molecule has 2 atom stereocenters. The van der Waals surface area contributed by atoms with Gasteiger partial charge in [-0.3, -0.25) is 0 Å². The second kappa shape index (κ2) is 7.78. The van der Waals surface area contributed by atoms with Gasteiger partial charge in [-0.15, -0.1) is 0 Å². The first-order valence-electron chi connectivity index (χ1n) is 9.14. The van der Waals surface area contributed by atoms with Crippen molar-refractivity contribution in [2.45, 2.75) is 70.6 Å². The fourth-order valence-corrected chi connectivity index (χ4v) is 3.71. The molecule has 1 aromatic rings. The normalized spacial score (nSPS) is 24.5. The average molecular weight is 367 g/mol. The van der Waals surface area contributed by atoms with E-state index < -0.39 is 8.32 Å². The van der Waals surface area contributed by atoms with Gasteiger partial charge in [0, 0.05) is 12.2 Å². The maximum absolute atomic E-state index is 6.26. The maximum atomic E-state index is 6.26. The van der Waals surface area contributed by atoms with Gasteiger partial charge < -0.3 is 18.6 Å². The average Bonchev–Trinajstić information content (AvgIpc) is 2.93. The predicted octanol–water partition coefficient (Wildman–Crippen LogP) is 5.30. The summed E-state index contributed by atoms with van der Waals surface area (Å²) in [5.41, 5.74) is 0.781. The lowest BCUT2D eigenvalue weighted by Crippen LogP contribution is -2.41. The molecule has 0 amide bonds. The summed E-state index contributed by atoms with van der Waals surface area (Å²) in [6, 6.07) is 7.86. The molecule has 1 aliphatic heterocycles. The van der Waals surface area contributed by atoms with Gasteiger partial charge in [0.25, 0.3) is 0 Å². The molecule has 25 heavy (non-hydrogen) atoms.